The van der Waals surface area contributed by atoms with E-state index in [9.17, 15) is 0 Å². The van der Waals surface area contributed by atoms with Gasteiger partial charge in [0.2, 0.25) is 0 Å². The Labute approximate surface area is 81.1 Å². The molecular weight excluding hydrogens is 165 g/mol. The summed E-state index contributed by atoms with van der Waals surface area (Å²) in [7, 11) is 0. The molecule has 0 aliphatic heterocycles. The standard InChI is InChI=1S/C10H23N.H3P/c1-2-3-4-5-6-7-8-9-10-11;/h2-11H2,1H3;1H3. The summed E-state index contributed by atoms with van der Waals surface area (Å²) in [5, 5.41) is 0. The molecule has 0 saturated heterocycles. The monoisotopic (exact) mass is 191 g/mol. The van der Waals surface area contributed by atoms with Crippen molar-refractivity contribution in [1.82, 2.24) is 0 Å². The first kappa shape index (κ1) is 14.9. The van der Waals surface area contributed by atoms with E-state index in [4.69, 9.17) is 5.73 Å². The Kier molecular flexibility index (Phi) is 17.3. The van der Waals surface area contributed by atoms with Crippen molar-refractivity contribution >= 4 is 9.90 Å². The van der Waals surface area contributed by atoms with E-state index in [1.54, 1.807) is 0 Å². The first-order valence-electron chi connectivity index (χ1n) is 5.12. The van der Waals surface area contributed by atoms with Gasteiger partial charge in [-0.2, -0.15) is 9.90 Å². The van der Waals surface area contributed by atoms with Crippen LogP contribution in [-0.4, -0.2) is 6.54 Å². The molecule has 0 bridgehead atoms. The van der Waals surface area contributed by atoms with Crippen LogP contribution in [0.4, 0.5) is 0 Å². The normalized spacial score (nSPS) is 9.50. The maximum atomic E-state index is 5.39. The molecule has 0 fully saturated rings. The average Bonchev–Trinajstić information content (AvgIpc) is 2.03. The van der Waals surface area contributed by atoms with E-state index >= 15 is 0 Å². The highest BCUT2D eigenvalue weighted by atomic mass is 31.0. The van der Waals surface area contributed by atoms with Crippen LogP contribution in [0.25, 0.3) is 0 Å². The fraction of sp³-hybridized carbons (Fsp3) is 1.00. The van der Waals surface area contributed by atoms with Gasteiger partial charge in [-0.1, -0.05) is 51.9 Å². The largest absolute Gasteiger partial charge is 0.330 e. The molecule has 0 aliphatic rings. The molecule has 76 valence electrons. The highest BCUT2D eigenvalue weighted by Gasteiger charge is 1.89. The van der Waals surface area contributed by atoms with Crippen molar-refractivity contribution in [3.8, 4) is 0 Å². The third-order valence-corrected chi connectivity index (χ3v) is 2.06. The molecule has 0 aromatic rings. The minimum Gasteiger partial charge on any atom is -0.330 e. The fourth-order valence-corrected chi connectivity index (χ4v) is 1.28. The van der Waals surface area contributed by atoms with Gasteiger partial charge in [-0.25, -0.2) is 0 Å². The highest BCUT2D eigenvalue weighted by Crippen LogP contribution is 2.07. The van der Waals surface area contributed by atoms with Crippen LogP contribution >= 0.6 is 9.90 Å². The first-order valence-corrected chi connectivity index (χ1v) is 5.12. The highest BCUT2D eigenvalue weighted by molar-refractivity contribution is 6.92. The van der Waals surface area contributed by atoms with Gasteiger partial charge in [0.15, 0.2) is 0 Å². The lowest BCUT2D eigenvalue weighted by Crippen LogP contribution is -1.97. The van der Waals surface area contributed by atoms with E-state index in [2.05, 4.69) is 6.92 Å². The molecule has 0 heterocycles. The predicted molar refractivity (Wildman–Crippen MR) is 62.8 cm³/mol. The quantitative estimate of drug-likeness (QED) is 0.463. The van der Waals surface area contributed by atoms with Crippen molar-refractivity contribution in [2.24, 2.45) is 5.73 Å². The van der Waals surface area contributed by atoms with Gasteiger partial charge in [-0.15, -0.1) is 0 Å². The van der Waals surface area contributed by atoms with Crippen LogP contribution in [0.5, 0.6) is 0 Å². The van der Waals surface area contributed by atoms with Crippen molar-refractivity contribution in [1.29, 1.82) is 0 Å². The zero-order valence-corrected chi connectivity index (χ0v) is 10.1. The van der Waals surface area contributed by atoms with Crippen LogP contribution in [0.15, 0.2) is 0 Å². The minimum absolute atomic E-state index is 0. The number of hydrogen-bond acceptors (Lipinski definition) is 1. The predicted octanol–water partition coefficient (Wildman–Crippen LogP) is 3.14. The number of hydrogen-bond donors (Lipinski definition) is 1. The third kappa shape index (κ3) is 13.0. The maximum absolute atomic E-state index is 5.39. The molecule has 0 radical (unpaired) electrons. The van der Waals surface area contributed by atoms with Crippen LogP contribution < -0.4 is 5.73 Å². The summed E-state index contributed by atoms with van der Waals surface area (Å²) < 4.78 is 0. The van der Waals surface area contributed by atoms with Crippen LogP contribution in [0.3, 0.4) is 0 Å². The molecule has 2 heteroatoms. The topological polar surface area (TPSA) is 26.0 Å². The molecule has 12 heavy (non-hydrogen) atoms. The Morgan fingerprint density at radius 2 is 1.17 bits per heavy atom. The molecule has 0 amide bonds. The average molecular weight is 191 g/mol. The summed E-state index contributed by atoms with van der Waals surface area (Å²) in [6, 6.07) is 0. The molecule has 2 N–H and O–H groups in total. The maximum Gasteiger partial charge on any atom is -0.00773 e. The number of rotatable bonds is 8. The Morgan fingerprint density at radius 3 is 1.58 bits per heavy atom. The lowest BCUT2D eigenvalue weighted by molar-refractivity contribution is 0.578. The summed E-state index contributed by atoms with van der Waals surface area (Å²) in [5.41, 5.74) is 5.39. The summed E-state index contributed by atoms with van der Waals surface area (Å²) >= 11 is 0. The van der Waals surface area contributed by atoms with Gasteiger partial charge < -0.3 is 5.73 Å². The second-order valence-corrected chi connectivity index (χ2v) is 3.26. The van der Waals surface area contributed by atoms with Gasteiger partial charge >= 0.3 is 0 Å². The van der Waals surface area contributed by atoms with Gasteiger partial charge in [-0.3, -0.25) is 0 Å². The summed E-state index contributed by atoms with van der Waals surface area (Å²) in [5.74, 6) is 0. The number of unbranched alkanes of at least 4 members (excludes halogenated alkanes) is 7. The van der Waals surface area contributed by atoms with Gasteiger partial charge in [0.1, 0.15) is 0 Å². The third-order valence-electron chi connectivity index (χ3n) is 2.06. The molecule has 0 aromatic heterocycles. The van der Waals surface area contributed by atoms with Crippen molar-refractivity contribution in [3.05, 3.63) is 0 Å². The molecule has 0 rings (SSSR count). The Morgan fingerprint density at radius 1 is 0.750 bits per heavy atom. The Bertz CT molecular complexity index is 58.9. The van der Waals surface area contributed by atoms with Crippen LogP contribution in [-0.2, 0) is 0 Å². The van der Waals surface area contributed by atoms with E-state index in [1.807, 2.05) is 0 Å². The van der Waals surface area contributed by atoms with Crippen LogP contribution in [0, 0.1) is 0 Å². The second-order valence-electron chi connectivity index (χ2n) is 3.26. The first-order chi connectivity index (χ1) is 5.41. The molecule has 0 aliphatic carbocycles. The fourth-order valence-electron chi connectivity index (χ4n) is 1.28. The van der Waals surface area contributed by atoms with E-state index in [-0.39, 0.29) is 9.90 Å². The summed E-state index contributed by atoms with van der Waals surface area (Å²) in [6.45, 7) is 3.13. The minimum atomic E-state index is 0. The zero-order chi connectivity index (χ0) is 8.36. The second kappa shape index (κ2) is 13.9. The molecule has 1 atom stereocenters. The van der Waals surface area contributed by atoms with Gasteiger partial charge in [0.05, 0.1) is 0 Å². The molecule has 1 unspecified atom stereocenters. The summed E-state index contributed by atoms with van der Waals surface area (Å²) in [4.78, 5) is 0. The van der Waals surface area contributed by atoms with Gasteiger partial charge in [-0.05, 0) is 13.0 Å². The Hall–Kier alpha value is 0.390. The smallest absolute Gasteiger partial charge is 0.00773 e. The van der Waals surface area contributed by atoms with E-state index in [1.165, 1.54) is 51.4 Å². The molecule has 0 spiro atoms. The molecule has 0 saturated carbocycles. The van der Waals surface area contributed by atoms with Crippen molar-refractivity contribution < 1.29 is 0 Å². The van der Waals surface area contributed by atoms with E-state index in [0.29, 0.717) is 0 Å². The van der Waals surface area contributed by atoms with Crippen molar-refractivity contribution in [2.45, 2.75) is 58.3 Å². The van der Waals surface area contributed by atoms with Crippen molar-refractivity contribution in [2.75, 3.05) is 6.54 Å². The SMILES string of the molecule is CCCCCCCCCCN.P. The molecule has 0 aromatic carbocycles. The molecule has 1 nitrogen and oxygen atoms in total. The molecular formula is C10H26NP. The number of nitrogens with two attached hydrogens (primary N) is 1. The van der Waals surface area contributed by atoms with Crippen LogP contribution in [0.2, 0.25) is 0 Å². The van der Waals surface area contributed by atoms with Crippen LogP contribution in [0.1, 0.15) is 58.3 Å². The van der Waals surface area contributed by atoms with Gasteiger partial charge in [0, 0.05) is 0 Å². The Balaban J connectivity index is 0. The lowest BCUT2D eigenvalue weighted by Gasteiger charge is -1.99. The zero-order valence-electron chi connectivity index (χ0n) is 8.65. The lowest BCUT2D eigenvalue weighted by atomic mass is 10.1. The summed E-state index contributed by atoms with van der Waals surface area (Å²) in [6.07, 6.45) is 11.0. The van der Waals surface area contributed by atoms with E-state index < -0.39 is 0 Å². The van der Waals surface area contributed by atoms with E-state index in [0.717, 1.165) is 6.54 Å². The van der Waals surface area contributed by atoms with Crippen molar-refractivity contribution in [3.63, 3.8) is 0 Å². The van der Waals surface area contributed by atoms with Gasteiger partial charge in [0.25, 0.3) is 0 Å².